The van der Waals surface area contributed by atoms with Crippen LogP contribution in [0.3, 0.4) is 0 Å². The molecule has 0 N–H and O–H groups in total. The summed E-state index contributed by atoms with van der Waals surface area (Å²) in [7, 11) is 4.67. The summed E-state index contributed by atoms with van der Waals surface area (Å²) in [4.78, 5) is 11.9. The van der Waals surface area contributed by atoms with Gasteiger partial charge in [-0.3, -0.25) is 4.79 Å². The Hall–Kier alpha value is -2.95. The Morgan fingerprint density at radius 2 is 1.60 bits per heavy atom. The maximum Gasteiger partial charge on any atom is 0.310 e. The predicted molar refractivity (Wildman–Crippen MR) is 96.0 cm³/mol. The highest BCUT2D eigenvalue weighted by atomic mass is 16.5. The Morgan fingerprint density at radius 3 is 2.16 bits per heavy atom. The smallest absolute Gasteiger partial charge is 0.310 e. The molecule has 0 radical (unpaired) electrons. The minimum Gasteiger partial charge on any atom is -0.493 e. The molecule has 0 bridgehead atoms. The van der Waals surface area contributed by atoms with E-state index in [0.29, 0.717) is 23.7 Å². The third kappa shape index (κ3) is 5.28. The second-order valence-electron chi connectivity index (χ2n) is 5.24. The first-order valence-corrected chi connectivity index (χ1v) is 7.88. The third-order valence-electron chi connectivity index (χ3n) is 3.60. The van der Waals surface area contributed by atoms with Gasteiger partial charge in [0, 0.05) is 6.42 Å². The molecule has 0 spiro atoms. The minimum absolute atomic E-state index is 0.248. The summed E-state index contributed by atoms with van der Waals surface area (Å²) in [5.41, 5.74) is 1.87. The van der Waals surface area contributed by atoms with E-state index in [2.05, 4.69) is 0 Å². The summed E-state index contributed by atoms with van der Waals surface area (Å²) < 4.78 is 21.0. The Labute approximate surface area is 147 Å². The van der Waals surface area contributed by atoms with E-state index >= 15 is 0 Å². The van der Waals surface area contributed by atoms with Gasteiger partial charge in [-0.25, -0.2) is 0 Å². The molecule has 0 aliphatic heterocycles. The zero-order valence-electron chi connectivity index (χ0n) is 14.7. The van der Waals surface area contributed by atoms with Crippen molar-refractivity contribution in [2.75, 3.05) is 21.3 Å². The van der Waals surface area contributed by atoms with Crippen molar-refractivity contribution in [3.05, 3.63) is 59.9 Å². The molecule has 0 saturated carbocycles. The third-order valence-corrected chi connectivity index (χ3v) is 3.60. The molecule has 0 aromatic heterocycles. The van der Waals surface area contributed by atoms with Crippen LogP contribution in [-0.2, 0) is 16.0 Å². The second kappa shape index (κ2) is 9.37. The van der Waals surface area contributed by atoms with Crippen molar-refractivity contribution < 1.29 is 23.7 Å². The van der Waals surface area contributed by atoms with Crippen molar-refractivity contribution in [1.29, 1.82) is 0 Å². The number of ether oxygens (including phenoxy) is 4. The zero-order chi connectivity index (χ0) is 18.1. The molecular formula is C20H22O5. The van der Waals surface area contributed by atoms with Gasteiger partial charge in [0.15, 0.2) is 11.5 Å². The summed E-state index contributed by atoms with van der Waals surface area (Å²) >= 11 is 0. The molecule has 0 atom stereocenters. The van der Waals surface area contributed by atoms with Crippen LogP contribution in [0.5, 0.6) is 17.2 Å². The van der Waals surface area contributed by atoms with E-state index in [-0.39, 0.29) is 12.4 Å². The number of aryl methyl sites for hydroxylation is 1. The van der Waals surface area contributed by atoms with Gasteiger partial charge in [-0.1, -0.05) is 30.3 Å². The van der Waals surface area contributed by atoms with Crippen LogP contribution < -0.4 is 14.2 Å². The lowest BCUT2D eigenvalue weighted by Crippen LogP contribution is -2.03. The van der Waals surface area contributed by atoms with E-state index in [1.807, 2.05) is 42.5 Å². The highest BCUT2D eigenvalue weighted by molar-refractivity contribution is 5.71. The van der Waals surface area contributed by atoms with Crippen LogP contribution in [0.4, 0.5) is 0 Å². The van der Waals surface area contributed by atoms with Crippen molar-refractivity contribution >= 4 is 12.0 Å². The topological polar surface area (TPSA) is 54.0 Å². The molecule has 5 nitrogen and oxygen atoms in total. The van der Waals surface area contributed by atoms with Crippen LogP contribution in [-0.4, -0.2) is 27.3 Å². The fraction of sp³-hybridized carbons (Fsp3) is 0.250. The van der Waals surface area contributed by atoms with Gasteiger partial charge in [0.2, 0.25) is 5.75 Å². The van der Waals surface area contributed by atoms with Crippen LogP contribution in [0, 0.1) is 0 Å². The number of hydrogen-bond donors (Lipinski definition) is 0. The van der Waals surface area contributed by atoms with Crippen molar-refractivity contribution in [3.8, 4) is 17.2 Å². The number of benzene rings is 2. The van der Waals surface area contributed by atoms with Gasteiger partial charge in [0.25, 0.3) is 0 Å². The highest BCUT2D eigenvalue weighted by Gasteiger charge is 2.14. The maximum atomic E-state index is 11.9. The molecule has 0 fully saturated rings. The average Bonchev–Trinajstić information content (AvgIpc) is 2.66. The summed E-state index contributed by atoms with van der Waals surface area (Å²) in [5, 5.41) is 0. The first kappa shape index (κ1) is 18.4. The zero-order valence-corrected chi connectivity index (χ0v) is 14.7. The lowest BCUT2D eigenvalue weighted by Gasteiger charge is -2.13. The van der Waals surface area contributed by atoms with Crippen molar-refractivity contribution in [3.63, 3.8) is 0 Å². The lowest BCUT2D eigenvalue weighted by molar-refractivity contribution is -0.137. The lowest BCUT2D eigenvalue weighted by atomic mass is 10.1. The second-order valence-corrected chi connectivity index (χ2v) is 5.24. The van der Waals surface area contributed by atoms with E-state index < -0.39 is 0 Å². The standard InChI is InChI=1S/C20H22O5/c1-22-17-13-16(14-18(23-2)20(17)24-3)9-10-19(21)25-12-11-15-7-5-4-6-8-15/h4-8,11-14H,9-10H2,1-3H3. The molecule has 5 heteroatoms. The van der Waals surface area contributed by atoms with E-state index in [4.69, 9.17) is 18.9 Å². The van der Waals surface area contributed by atoms with Crippen LogP contribution in [0.25, 0.3) is 6.08 Å². The van der Waals surface area contributed by atoms with E-state index in [9.17, 15) is 4.79 Å². The highest BCUT2D eigenvalue weighted by Crippen LogP contribution is 2.38. The van der Waals surface area contributed by atoms with Gasteiger partial charge in [-0.05, 0) is 35.8 Å². The Morgan fingerprint density at radius 1 is 0.960 bits per heavy atom. The minimum atomic E-state index is -0.305. The van der Waals surface area contributed by atoms with E-state index in [1.165, 1.54) is 6.26 Å². The average molecular weight is 342 g/mol. The monoisotopic (exact) mass is 342 g/mol. The molecule has 0 aliphatic carbocycles. The van der Waals surface area contributed by atoms with Crippen molar-refractivity contribution in [1.82, 2.24) is 0 Å². The quantitative estimate of drug-likeness (QED) is 0.539. The van der Waals surface area contributed by atoms with E-state index in [0.717, 1.165) is 11.1 Å². The molecule has 0 saturated heterocycles. The Bertz CT molecular complexity index is 697. The number of carbonyl (C=O) groups is 1. The number of rotatable bonds is 8. The fourth-order valence-corrected chi connectivity index (χ4v) is 2.34. The summed E-state index contributed by atoms with van der Waals surface area (Å²) in [6.45, 7) is 0. The van der Waals surface area contributed by atoms with Gasteiger partial charge in [0.05, 0.1) is 27.6 Å². The Kier molecular flexibility index (Phi) is 6.89. The van der Waals surface area contributed by atoms with Gasteiger partial charge >= 0.3 is 5.97 Å². The molecule has 0 aliphatic rings. The van der Waals surface area contributed by atoms with Crippen LogP contribution in [0.1, 0.15) is 17.5 Å². The first-order chi connectivity index (χ1) is 12.2. The number of carbonyl (C=O) groups excluding carboxylic acids is 1. The maximum absolute atomic E-state index is 11.9. The van der Waals surface area contributed by atoms with Crippen LogP contribution >= 0.6 is 0 Å². The number of esters is 1. The molecule has 0 unspecified atom stereocenters. The molecule has 132 valence electrons. The summed E-state index contributed by atoms with van der Waals surface area (Å²) in [6, 6.07) is 13.3. The van der Waals surface area contributed by atoms with Gasteiger partial charge in [0.1, 0.15) is 0 Å². The largest absolute Gasteiger partial charge is 0.493 e. The predicted octanol–water partition coefficient (Wildman–Crippen LogP) is 3.86. The van der Waals surface area contributed by atoms with Gasteiger partial charge < -0.3 is 18.9 Å². The Balaban J connectivity index is 1.94. The molecule has 2 aromatic rings. The molecule has 0 amide bonds. The first-order valence-electron chi connectivity index (χ1n) is 7.88. The van der Waals surface area contributed by atoms with E-state index in [1.54, 1.807) is 27.4 Å². The van der Waals surface area contributed by atoms with Gasteiger partial charge in [-0.15, -0.1) is 0 Å². The fourth-order valence-electron chi connectivity index (χ4n) is 2.34. The molecule has 0 heterocycles. The summed E-state index contributed by atoms with van der Waals surface area (Å²) in [6.07, 6.45) is 3.91. The van der Waals surface area contributed by atoms with Crippen molar-refractivity contribution in [2.24, 2.45) is 0 Å². The molecular weight excluding hydrogens is 320 g/mol. The number of methoxy groups -OCH3 is 3. The SMILES string of the molecule is COc1cc(CCC(=O)OC=Cc2ccccc2)cc(OC)c1OC. The summed E-state index contributed by atoms with van der Waals surface area (Å²) in [5.74, 6) is 1.35. The van der Waals surface area contributed by atoms with Crippen LogP contribution in [0.2, 0.25) is 0 Å². The number of hydrogen-bond acceptors (Lipinski definition) is 5. The molecule has 25 heavy (non-hydrogen) atoms. The molecule has 2 rings (SSSR count). The van der Waals surface area contributed by atoms with Crippen molar-refractivity contribution in [2.45, 2.75) is 12.8 Å². The normalized spacial score (nSPS) is 10.5. The van der Waals surface area contributed by atoms with Gasteiger partial charge in [-0.2, -0.15) is 0 Å². The molecule has 2 aromatic carbocycles. The van der Waals surface area contributed by atoms with Crippen LogP contribution in [0.15, 0.2) is 48.7 Å².